The normalized spacial score (nSPS) is 10.5. The Morgan fingerprint density at radius 1 is 1.33 bits per heavy atom. The van der Waals surface area contributed by atoms with E-state index < -0.39 is 0 Å². The summed E-state index contributed by atoms with van der Waals surface area (Å²) in [5.74, 6) is 1.27. The van der Waals surface area contributed by atoms with E-state index in [4.69, 9.17) is 11.6 Å². The van der Waals surface area contributed by atoms with E-state index in [1.807, 2.05) is 32.2 Å². The molecule has 1 aromatic heterocycles. The summed E-state index contributed by atoms with van der Waals surface area (Å²) in [7, 11) is 2.01. The van der Waals surface area contributed by atoms with Gasteiger partial charge >= 0.3 is 0 Å². The summed E-state index contributed by atoms with van der Waals surface area (Å²) in [6, 6.07) is 5.75. The first-order valence-electron chi connectivity index (χ1n) is 7.04. The topological polar surface area (TPSA) is 53.9 Å². The Hall–Kier alpha value is -1.88. The first-order valence-corrected chi connectivity index (χ1v) is 7.42. The maximum atomic E-state index is 6.11. The van der Waals surface area contributed by atoms with E-state index in [0.29, 0.717) is 11.0 Å². The number of nitrogens with one attached hydrogen (secondary N) is 1. The highest BCUT2D eigenvalue weighted by Crippen LogP contribution is 2.22. The van der Waals surface area contributed by atoms with Crippen LogP contribution in [0.25, 0.3) is 0 Å². The van der Waals surface area contributed by atoms with E-state index in [0.717, 1.165) is 36.5 Å². The molecule has 0 radical (unpaired) electrons. The fourth-order valence-electron chi connectivity index (χ4n) is 1.84. The largest absolute Gasteiger partial charge is 0.358 e. The number of hydrogen-bond acceptors (Lipinski definition) is 5. The van der Waals surface area contributed by atoms with Gasteiger partial charge in [-0.1, -0.05) is 31.0 Å². The van der Waals surface area contributed by atoms with Crippen molar-refractivity contribution in [1.82, 2.24) is 15.2 Å². The average Bonchev–Trinajstić information content (AvgIpc) is 2.49. The van der Waals surface area contributed by atoms with Gasteiger partial charge in [0.2, 0.25) is 5.95 Å². The quantitative estimate of drug-likeness (QED) is 0.879. The van der Waals surface area contributed by atoms with Crippen LogP contribution in [0.5, 0.6) is 0 Å². The van der Waals surface area contributed by atoms with Gasteiger partial charge in [0.1, 0.15) is 0 Å². The van der Waals surface area contributed by atoms with Crippen molar-refractivity contribution in [3.05, 3.63) is 35.0 Å². The fourth-order valence-corrected chi connectivity index (χ4v) is 2.02. The minimum absolute atomic E-state index is 0.468. The second-order valence-electron chi connectivity index (χ2n) is 5.00. The third kappa shape index (κ3) is 4.29. The van der Waals surface area contributed by atoms with E-state index in [-0.39, 0.29) is 0 Å². The summed E-state index contributed by atoms with van der Waals surface area (Å²) >= 11 is 6.11. The van der Waals surface area contributed by atoms with Crippen molar-refractivity contribution >= 4 is 29.1 Å². The highest BCUT2D eigenvalue weighted by Gasteiger charge is 2.06. The first-order chi connectivity index (χ1) is 10.1. The maximum absolute atomic E-state index is 6.11. The maximum Gasteiger partial charge on any atom is 0.249 e. The van der Waals surface area contributed by atoms with Crippen LogP contribution in [0.15, 0.2) is 24.4 Å². The van der Waals surface area contributed by atoms with Crippen LogP contribution in [0.2, 0.25) is 5.02 Å². The molecule has 0 aliphatic heterocycles. The summed E-state index contributed by atoms with van der Waals surface area (Å²) in [5, 5.41) is 11.8. The molecule has 5 nitrogen and oxygen atoms in total. The van der Waals surface area contributed by atoms with E-state index >= 15 is 0 Å². The van der Waals surface area contributed by atoms with Gasteiger partial charge < -0.3 is 10.2 Å². The smallest absolute Gasteiger partial charge is 0.249 e. The van der Waals surface area contributed by atoms with E-state index in [1.165, 1.54) is 0 Å². The molecule has 2 rings (SSSR count). The Kier molecular flexibility index (Phi) is 5.33. The van der Waals surface area contributed by atoms with E-state index in [9.17, 15) is 0 Å². The molecule has 112 valence electrons. The first kappa shape index (κ1) is 15.5. The van der Waals surface area contributed by atoms with Crippen LogP contribution >= 0.6 is 11.6 Å². The van der Waals surface area contributed by atoms with E-state index in [1.54, 1.807) is 6.20 Å². The van der Waals surface area contributed by atoms with Crippen molar-refractivity contribution in [2.45, 2.75) is 26.7 Å². The fraction of sp³-hybridized carbons (Fsp3) is 0.400. The molecule has 0 fully saturated rings. The van der Waals surface area contributed by atoms with E-state index in [2.05, 4.69) is 32.3 Å². The molecule has 1 N–H and O–H groups in total. The van der Waals surface area contributed by atoms with Gasteiger partial charge in [0, 0.05) is 24.3 Å². The van der Waals surface area contributed by atoms with Gasteiger partial charge in [0.05, 0.1) is 6.20 Å². The Bertz CT molecular complexity index is 602. The van der Waals surface area contributed by atoms with Crippen molar-refractivity contribution in [2.24, 2.45) is 0 Å². The van der Waals surface area contributed by atoms with Crippen LogP contribution in [-0.2, 0) is 0 Å². The molecule has 2 aromatic rings. The zero-order valence-corrected chi connectivity index (χ0v) is 13.4. The van der Waals surface area contributed by atoms with Crippen molar-refractivity contribution in [3.8, 4) is 0 Å². The highest BCUT2D eigenvalue weighted by atomic mass is 35.5. The Morgan fingerprint density at radius 3 is 2.86 bits per heavy atom. The lowest BCUT2D eigenvalue weighted by atomic mass is 10.2. The van der Waals surface area contributed by atoms with Crippen molar-refractivity contribution in [3.63, 3.8) is 0 Å². The standard InChI is InChI=1S/C15H20ClN5/c1-4-5-8-21(3)14-10-17-20-15(19-14)18-12-7-6-11(2)13(16)9-12/h6-7,9-10H,4-5,8H2,1-3H3,(H,18,19,20). The number of unbranched alkanes of at least 4 members (excludes halogenated alkanes) is 1. The van der Waals surface area contributed by atoms with Crippen molar-refractivity contribution in [2.75, 3.05) is 23.8 Å². The molecular formula is C15H20ClN5. The molecule has 1 aromatic carbocycles. The molecule has 0 bridgehead atoms. The summed E-state index contributed by atoms with van der Waals surface area (Å²) in [6.45, 7) is 5.08. The van der Waals surface area contributed by atoms with Gasteiger partial charge in [-0.05, 0) is 31.0 Å². The van der Waals surface area contributed by atoms with Crippen LogP contribution < -0.4 is 10.2 Å². The van der Waals surface area contributed by atoms with Crippen molar-refractivity contribution < 1.29 is 0 Å². The van der Waals surface area contributed by atoms with Gasteiger partial charge in [-0.15, -0.1) is 5.10 Å². The minimum atomic E-state index is 0.468. The lowest BCUT2D eigenvalue weighted by Gasteiger charge is -2.17. The summed E-state index contributed by atoms with van der Waals surface area (Å²) < 4.78 is 0. The SMILES string of the molecule is CCCCN(C)c1cnnc(Nc2ccc(C)c(Cl)c2)n1. The van der Waals surface area contributed by atoms with Crippen molar-refractivity contribution in [1.29, 1.82) is 0 Å². The molecular weight excluding hydrogens is 286 g/mol. The summed E-state index contributed by atoms with van der Waals surface area (Å²) in [6.07, 6.45) is 3.94. The molecule has 0 spiro atoms. The Balaban J connectivity index is 2.11. The molecule has 0 unspecified atom stereocenters. The molecule has 21 heavy (non-hydrogen) atoms. The van der Waals surface area contributed by atoms with Crippen LogP contribution in [0.3, 0.4) is 0 Å². The third-order valence-corrected chi connectivity index (χ3v) is 3.62. The number of anilines is 3. The molecule has 0 aliphatic carbocycles. The Morgan fingerprint density at radius 2 is 2.14 bits per heavy atom. The molecule has 1 heterocycles. The third-order valence-electron chi connectivity index (χ3n) is 3.21. The average molecular weight is 306 g/mol. The van der Waals surface area contributed by atoms with Gasteiger partial charge in [0.15, 0.2) is 5.82 Å². The molecule has 0 aliphatic rings. The van der Waals surface area contributed by atoms with Crippen LogP contribution in [0.1, 0.15) is 25.3 Å². The van der Waals surface area contributed by atoms with Gasteiger partial charge in [0.25, 0.3) is 0 Å². The van der Waals surface area contributed by atoms with Gasteiger partial charge in [-0.25, -0.2) is 0 Å². The molecule has 0 atom stereocenters. The second-order valence-corrected chi connectivity index (χ2v) is 5.41. The number of aromatic nitrogens is 3. The zero-order chi connectivity index (χ0) is 15.2. The predicted molar refractivity (Wildman–Crippen MR) is 87.5 cm³/mol. The van der Waals surface area contributed by atoms with Gasteiger partial charge in [-0.2, -0.15) is 10.1 Å². The second kappa shape index (κ2) is 7.22. The minimum Gasteiger partial charge on any atom is -0.358 e. The number of nitrogens with zero attached hydrogens (tertiary/aromatic N) is 4. The predicted octanol–water partition coefficient (Wildman–Crippen LogP) is 3.81. The number of aryl methyl sites for hydroxylation is 1. The van der Waals surface area contributed by atoms with Crippen LogP contribution in [0.4, 0.5) is 17.5 Å². The van der Waals surface area contributed by atoms with Crippen LogP contribution in [0, 0.1) is 6.92 Å². The van der Waals surface area contributed by atoms with Crippen LogP contribution in [-0.4, -0.2) is 28.8 Å². The summed E-state index contributed by atoms with van der Waals surface area (Å²) in [5.41, 5.74) is 1.88. The number of benzene rings is 1. The molecule has 0 saturated heterocycles. The highest BCUT2D eigenvalue weighted by molar-refractivity contribution is 6.31. The number of halogens is 1. The lowest BCUT2D eigenvalue weighted by molar-refractivity contribution is 0.754. The van der Waals surface area contributed by atoms with Gasteiger partial charge in [-0.3, -0.25) is 0 Å². The molecule has 0 saturated carbocycles. The number of hydrogen-bond donors (Lipinski definition) is 1. The molecule has 6 heteroatoms. The molecule has 0 amide bonds. The lowest BCUT2D eigenvalue weighted by Crippen LogP contribution is -2.20. The monoisotopic (exact) mass is 305 g/mol. The number of rotatable bonds is 6. The zero-order valence-electron chi connectivity index (χ0n) is 12.6. The Labute approximate surface area is 130 Å². The summed E-state index contributed by atoms with van der Waals surface area (Å²) in [4.78, 5) is 6.55.